The zero-order valence-corrected chi connectivity index (χ0v) is 14.2. The van der Waals surface area contributed by atoms with Crippen LogP contribution >= 0.6 is 0 Å². The maximum absolute atomic E-state index is 13.9. The Labute approximate surface area is 146 Å². The van der Waals surface area contributed by atoms with Gasteiger partial charge in [0.15, 0.2) is 0 Å². The molecule has 0 unspecified atom stereocenters. The van der Waals surface area contributed by atoms with Crippen LogP contribution in [0.15, 0.2) is 42.1 Å². The monoisotopic (exact) mass is 369 g/mol. The first-order valence-corrected chi connectivity index (χ1v) is 5.95. The number of benzene rings is 1. The smallest absolute Gasteiger partial charge is 0.256 e. The first-order chi connectivity index (χ1) is 9.41. The van der Waals surface area contributed by atoms with Gasteiger partial charge in [0.05, 0.1) is 18.1 Å². The van der Waals surface area contributed by atoms with E-state index < -0.39 is 18.8 Å². The predicted octanol–water partition coefficient (Wildman–Crippen LogP) is 3.71. The van der Waals surface area contributed by atoms with Crippen LogP contribution < -0.4 is 0 Å². The van der Waals surface area contributed by atoms with E-state index >= 15 is 0 Å². The number of aromatic hydroxyl groups is 1. The minimum atomic E-state index is -2.62. The molecular formula is C15H13F3NOY-. The number of rotatable bonds is 3. The Morgan fingerprint density at radius 2 is 2.05 bits per heavy atom. The zero-order chi connectivity index (χ0) is 14.9. The molecule has 0 fully saturated rings. The number of phenols is 1. The molecule has 1 N–H and O–H groups in total. The van der Waals surface area contributed by atoms with Crippen molar-refractivity contribution < 1.29 is 51.0 Å². The van der Waals surface area contributed by atoms with E-state index in [0.717, 1.165) is 11.0 Å². The van der Waals surface area contributed by atoms with Gasteiger partial charge in [0, 0.05) is 32.7 Å². The third-order valence-corrected chi connectivity index (χ3v) is 3.03. The third kappa shape index (κ3) is 3.77. The minimum Gasteiger partial charge on any atom is -0.520 e. The van der Waals surface area contributed by atoms with E-state index in [4.69, 9.17) is 0 Å². The van der Waals surface area contributed by atoms with Gasteiger partial charge in [-0.15, -0.1) is 5.57 Å². The maximum Gasteiger partial charge on any atom is 0.256 e. The first kappa shape index (κ1) is 18.0. The van der Waals surface area contributed by atoms with Crippen LogP contribution in [-0.4, -0.2) is 23.0 Å². The van der Waals surface area contributed by atoms with Crippen LogP contribution in [0.4, 0.5) is 13.2 Å². The van der Waals surface area contributed by atoms with Gasteiger partial charge in [-0.05, 0) is 23.4 Å². The van der Waals surface area contributed by atoms with E-state index in [1.165, 1.54) is 18.2 Å². The van der Waals surface area contributed by atoms with Crippen molar-refractivity contribution in [3.63, 3.8) is 0 Å². The standard InChI is InChI=1S/C15H13F3NO.Y/c1-9-6-7-12(19(10(9)2)8-14(17)18)15-11(16)4-3-5-13(15)20;/h3-6,14,20H,2,8H2,1H3;/q-1;. The topological polar surface area (TPSA) is 23.5 Å². The van der Waals surface area contributed by atoms with Crippen LogP contribution in [-0.2, 0) is 32.7 Å². The van der Waals surface area contributed by atoms with Crippen LogP contribution in [0.3, 0.4) is 0 Å². The minimum absolute atomic E-state index is 0. The molecule has 0 aromatic heterocycles. The normalized spacial score (nSPS) is 14.7. The summed E-state index contributed by atoms with van der Waals surface area (Å²) in [6.45, 7) is 4.79. The fraction of sp³-hybridized carbons (Fsp3) is 0.200. The van der Waals surface area contributed by atoms with E-state index in [1.54, 1.807) is 6.92 Å². The van der Waals surface area contributed by atoms with Gasteiger partial charge < -0.3 is 10.0 Å². The van der Waals surface area contributed by atoms with Gasteiger partial charge in [0.1, 0.15) is 0 Å². The molecule has 1 aromatic rings. The average molecular weight is 369 g/mol. The summed E-state index contributed by atoms with van der Waals surface area (Å²) in [5, 5.41) is 9.78. The van der Waals surface area contributed by atoms with Crippen molar-refractivity contribution in [3.8, 4) is 5.75 Å². The van der Waals surface area contributed by atoms with Gasteiger partial charge in [0.25, 0.3) is 6.43 Å². The molecule has 0 aliphatic carbocycles. The Hall–Kier alpha value is -1.07. The molecule has 2 rings (SSSR count). The average Bonchev–Trinajstić information content (AvgIpc) is 2.37. The zero-order valence-electron chi connectivity index (χ0n) is 11.4. The first-order valence-electron chi connectivity index (χ1n) is 5.95. The molecule has 0 atom stereocenters. The molecule has 21 heavy (non-hydrogen) atoms. The Morgan fingerprint density at radius 3 is 2.62 bits per heavy atom. The molecule has 0 saturated heterocycles. The Morgan fingerprint density at radius 1 is 1.38 bits per heavy atom. The summed E-state index contributed by atoms with van der Waals surface area (Å²) in [4.78, 5) is 1.16. The van der Waals surface area contributed by atoms with Crippen molar-refractivity contribution in [3.05, 3.63) is 59.6 Å². The summed E-state index contributed by atoms with van der Waals surface area (Å²) >= 11 is 0. The number of hydrogen-bond acceptors (Lipinski definition) is 2. The molecular weight excluding hydrogens is 356 g/mol. The second kappa shape index (κ2) is 7.27. The number of halogens is 3. The molecule has 1 radical (unpaired) electrons. The Kier molecular flexibility index (Phi) is 6.23. The van der Waals surface area contributed by atoms with E-state index in [0.29, 0.717) is 11.3 Å². The molecule has 0 amide bonds. The van der Waals surface area contributed by atoms with Gasteiger partial charge in [0.2, 0.25) is 0 Å². The van der Waals surface area contributed by atoms with Gasteiger partial charge in [-0.25, -0.2) is 13.2 Å². The summed E-state index contributed by atoms with van der Waals surface area (Å²) in [5.74, 6) is -1.03. The van der Waals surface area contributed by atoms with Gasteiger partial charge in [-0.1, -0.05) is 25.3 Å². The number of alkyl halides is 2. The van der Waals surface area contributed by atoms with Crippen molar-refractivity contribution in [2.75, 3.05) is 6.54 Å². The summed E-state index contributed by atoms with van der Waals surface area (Å²) in [7, 11) is 0. The molecule has 1 aliphatic heterocycles. The number of hydrogen-bond donors (Lipinski definition) is 1. The van der Waals surface area contributed by atoms with Gasteiger partial charge >= 0.3 is 0 Å². The van der Waals surface area contributed by atoms with Crippen molar-refractivity contribution in [1.82, 2.24) is 4.90 Å². The number of phenolic OH excluding ortho intramolecular Hbond substituents is 1. The van der Waals surface area contributed by atoms with E-state index in [2.05, 4.69) is 12.7 Å². The summed E-state index contributed by atoms with van der Waals surface area (Å²) in [5.41, 5.74) is 0.890. The molecule has 2 nitrogen and oxygen atoms in total. The van der Waals surface area contributed by atoms with Crippen molar-refractivity contribution in [2.24, 2.45) is 0 Å². The van der Waals surface area contributed by atoms with E-state index in [9.17, 15) is 18.3 Å². The van der Waals surface area contributed by atoms with Crippen LogP contribution in [0, 0.1) is 11.9 Å². The fourth-order valence-corrected chi connectivity index (χ4v) is 1.98. The molecule has 0 saturated carbocycles. The van der Waals surface area contributed by atoms with Gasteiger partial charge in [-0.3, -0.25) is 0 Å². The van der Waals surface area contributed by atoms with Crippen LogP contribution in [0.1, 0.15) is 12.5 Å². The molecule has 6 heteroatoms. The molecule has 0 spiro atoms. The van der Waals surface area contributed by atoms with Crippen molar-refractivity contribution in [1.29, 1.82) is 0 Å². The van der Waals surface area contributed by atoms with E-state index in [-0.39, 0.29) is 49.7 Å². The summed E-state index contributed by atoms with van der Waals surface area (Å²) in [6, 6.07) is 3.78. The fourth-order valence-electron chi connectivity index (χ4n) is 1.98. The molecule has 109 valence electrons. The largest absolute Gasteiger partial charge is 0.520 e. The number of allylic oxidation sites excluding steroid dienone is 3. The van der Waals surface area contributed by atoms with Crippen LogP contribution in [0.25, 0.3) is 5.70 Å². The number of nitrogens with zero attached hydrogens (tertiary/aromatic N) is 1. The third-order valence-electron chi connectivity index (χ3n) is 3.03. The quantitative estimate of drug-likeness (QED) is 0.822. The van der Waals surface area contributed by atoms with Crippen molar-refractivity contribution >= 4 is 5.70 Å². The molecule has 1 aromatic carbocycles. The molecule has 1 heterocycles. The second-order valence-electron chi connectivity index (χ2n) is 4.40. The summed E-state index contributed by atoms with van der Waals surface area (Å²) in [6.07, 6.45) is 1.65. The Balaban J connectivity index is 0.00000220. The molecule has 0 bridgehead atoms. The Bertz CT molecular complexity index is 591. The predicted molar refractivity (Wildman–Crippen MR) is 70.3 cm³/mol. The molecule has 1 aliphatic rings. The van der Waals surface area contributed by atoms with Gasteiger partial charge in [-0.2, -0.15) is 12.2 Å². The maximum atomic E-state index is 13.9. The SMILES string of the molecule is C=C1C(C)=C[C-]=C(c2c(O)cccc2F)N1CC(F)F.[Y]. The second-order valence-corrected chi connectivity index (χ2v) is 4.40. The van der Waals surface area contributed by atoms with Crippen LogP contribution in [0.5, 0.6) is 5.75 Å². The van der Waals surface area contributed by atoms with E-state index in [1.807, 2.05) is 0 Å². The summed E-state index contributed by atoms with van der Waals surface area (Å²) < 4.78 is 39.3. The van der Waals surface area contributed by atoms with Crippen LogP contribution in [0.2, 0.25) is 0 Å². The van der Waals surface area contributed by atoms with Crippen molar-refractivity contribution in [2.45, 2.75) is 13.3 Å².